The third-order valence-electron chi connectivity index (χ3n) is 4.47. The number of carbonyl (C=O) groups excluding carboxylic acids is 1. The molecule has 0 saturated carbocycles. The van der Waals surface area contributed by atoms with Gasteiger partial charge in [0.15, 0.2) is 0 Å². The van der Waals surface area contributed by atoms with E-state index in [1.807, 2.05) is 59.7 Å². The Hall–Kier alpha value is -1.49. The number of amides is 1. The van der Waals surface area contributed by atoms with Crippen molar-refractivity contribution in [3.8, 4) is 0 Å². The topological polar surface area (TPSA) is 46.3 Å². The Morgan fingerprint density at radius 2 is 1.67 bits per heavy atom. The monoisotopic (exact) mass is 362 g/mol. The van der Waals surface area contributed by atoms with E-state index in [9.17, 15) is 4.79 Å². The van der Waals surface area contributed by atoms with Gasteiger partial charge < -0.3 is 10.6 Å². The highest BCUT2D eigenvalue weighted by molar-refractivity contribution is 7.99. The number of halogens is 1. The lowest BCUT2D eigenvalue weighted by atomic mass is 9.95. The van der Waals surface area contributed by atoms with Gasteiger partial charge in [-0.25, -0.2) is 0 Å². The van der Waals surface area contributed by atoms with Crippen LogP contribution in [0.15, 0.2) is 60.7 Å². The fraction of sp³-hybridized carbons (Fsp3) is 0.316. The maximum atomic E-state index is 12.9. The van der Waals surface area contributed by atoms with Crippen LogP contribution in [0.25, 0.3) is 0 Å². The summed E-state index contributed by atoms with van der Waals surface area (Å²) in [5.74, 6) is 0.385. The summed E-state index contributed by atoms with van der Waals surface area (Å²) >= 11 is 1.58. The Morgan fingerprint density at radius 1 is 1.08 bits per heavy atom. The molecule has 24 heavy (non-hydrogen) atoms. The van der Waals surface area contributed by atoms with E-state index in [0.717, 1.165) is 5.56 Å². The molecule has 2 aromatic carbocycles. The minimum Gasteiger partial charge on any atom is -0.339 e. The lowest BCUT2D eigenvalue weighted by molar-refractivity contribution is -0.129. The minimum absolute atomic E-state index is 0. The Kier molecular flexibility index (Phi) is 6.72. The molecule has 3 rings (SSSR count). The van der Waals surface area contributed by atoms with Gasteiger partial charge in [0.25, 0.3) is 0 Å². The van der Waals surface area contributed by atoms with Gasteiger partial charge in [0.1, 0.15) is 5.25 Å². The van der Waals surface area contributed by atoms with Crippen LogP contribution in [0.4, 0.5) is 0 Å². The molecule has 0 bridgehead atoms. The highest BCUT2D eigenvalue weighted by atomic mass is 35.5. The number of carbonyl (C=O) groups is 1. The van der Waals surface area contributed by atoms with E-state index in [2.05, 4.69) is 12.1 Å². The molecule has 1 aliphatic rings. The summed E-state index contributed by atoms with van der Waals surface area (Å²) in [7, 11) is 0. The van der Waals surface area contributed by atoms with Gasteiger partial charge in [0, 0.05) is 25.0 Å². The molecule has 3 atom stereocenters. The summed E-state index contributed by atoms with van der Waals surface area (Å²) in [6, 6.07) is 20.2. The largest absolute Gasteiger partial charge is 0.339 e. The number of thioether (sulfide) groups is 1. The van der Waals surface area contributed by atoms with E-state index in [0.29, 0.717) is 13.1 Å². The summed E-state index contributed by atoms with van der Waals surface area (Å²) in [6.45, 7) is 1.33. The minimum atomic E-state index is -0.155. The molecule has 5 heteroatoms. The lowest BCUT2D eigenvalue weighted by Gasteiger charge is -2.22. The second-order valence-corrected chi connectivity index (χ2v) is 6.89. The molecule has 3 nitrogen and oxygen atoms in total. The fourth-order valence-electron chi connectivity index (χ4n) is 3.23. The second-order valence-electron chi connectivity index (χ2n) is 5.95. The molecule has 0 radical (unpaired) electrons. The van der Waals surface area contributed by atoms with Gasteiger partial charge in [-0.2, -0.15) is 0 Å². The Labute approximate surface area is 154 Å². The molecular formula is C19H23ClN2OS. The Bertz CT molecular complexity index is 653. The van der Waals surface area contributed by atoms with Crippen LogP contribution >= 0.6 is 24.2 Å². The first-order valence-electron chi connectivity index (χ1n) is 7.87. The molecule has 2 aromatic rings. The average Bonchev–Trinajstić information content (AvgIpc) is 2.99. The van der Waals surface area contributed by atoms with E-state index in [1.165, 1.54) is 5.56 Å². The van der Waals surface area contributed by atoms with Crippen molar-refractivity contribution in [3.63, 3.8) is 0 Å². The van der Waals surface area contributed by atoms with E-state index in [1.54, 1.807) is 11.8 Å². The normalized spacial score (nSPS) is 21.2. The van der Waals surface area contributed by atoms with Gasteiger partial charge in [-0.3, -0.25) is 4.79 Å². The number of rotatable bonds is 4. The van der Waals surface area contributed by atoms with Gasteiger partial charge in [-0.15, -0.1) is 24.2 Å². The predicted octanol–water partition coefficient (Wildman–Crippen LogP) is 3.47. The second kappa shape index (κ2) is 8.56. The van der Waals surface area contributed by atoms with Gasteiger partial charge in [-0.05, 0) is 17.4 Å². The number of nitrogens with zero attached hydrogens (tertiary/aromatic N) is 1. The third-order valence-corrected chi connectivity index (χ3v) is 5.41. The predicted molar refractivity (Wildman–Crippen MR) is 104 cm³/mol. The van der Waals surface area contributed by atoms with Gasteiger partial charge in [-0.1, -0.05) is 60.7 Å². The zero-order valence-electron chi connectivity index (χ0n) is 13.7. The van der Waals surface area contributed by atoms with Crippen LogP contribution in [0, 0.1) is 0 Å². The highest BCUT2D eigenvalue weighted by Gasteiger charge is 2.36. The number of hydrogen-bond donors (Lipinski definition) is 1. The van der Waals surface area contributed by atoms with Crippen LogP contribution in [-0.2, 0) is 4.79 Å². The van der Waals surface area contributed by atoms with Gasteiger partial charge in [0.05, 0.1) is 0 Å². The molecular weight excluding hydrogens is 340 g/mol. The zero-order valence-corrected chi connectivity index (χ0v) is 15.3. The molecule has 1 fully saturated rings. The summed E-state index contributed by atoms with van der Waals surface area (Å²) in [5, 5.41) is -0.155. The van der Waals surface area contributed by atoms with Gasteiger partial charge >= 0.3 is 0 Å². The molecule has 2 N–H and O–H groups in total. The molecule has 1 unspecified atom stereocenters. The van der Waals surface area contributed by atoms with Crippen LogP contribution in [-0.4, -0.2) is 36.2 Å². The first-order chi connectivity index (χ1) is 11.2. The standard InChI is InChI=1S/C19H22N2OS.ClH/c1-23-18(15-10-6-3-7-11-15)19(22)21-12-16(17(20)13-21)14-8-4-2-5-9-14;/h2-11,16-18H,12-13,20H2,1H3;1H/t16-,17+,18?;/m0./s1. The van der Waals surface area contributed by atoms with Crippen LogP contribution in [0.5, 0.6) is 0 Å². The quantitative estimate of drug-likeness (QED) is 0.905. The van der Waals surface area contributed by atoms with Crippen LogP contribution in [0.3, 0.4) is 0 Å². The first-order valence-corrected chi connectivity index (χ1v) is 9.16. The SMILES string of the molecule is CSC(C(=O)N1C[C@@H](N)[C@H](c2ccccc2)C1)c1ccccc1.Cl. The third kappa shape index (κ3) is 3.94. The van der Waals surface area contributed by atoms with Crippen LogP contribution in [0.2, 0.25) is 0 Å². The number of benzene rings is 2. The summed E-state index contributed by atoms with van der Waals surface area (Å²) in [4.78, 5) is 14.9. The maximum absolute atomic E-state index is 12.9. The lowest BCUT2D eigenvalue weighted by Crippen LogP contribution is -2.34. The summed E-state index contributed by atoms with van der Waals surface area (Å²) in [5.41, 5.74) is 8.59. The van der Waals surface area contributed by atoms with E-state index >= 15 is 0 Å². The van der Waals surface area contributed by atoms with Crippen molar-refractivity contribution in [2.24, 2.45) is 5.73 Å². The molecule has 1 aliphatic heterocycles. The Balaban J connectivity index is 0.00000208. The average molecular weight is 363 g/mol. The van der Waals surface area contributed by atoms with E-state index in [4.69, 9.17) is 5.73 Å². The first kappa shape index (κ1) is 18.8. The number of likely N-dealkylation sites (tertiary alicyclic amines) is 1. The van der Waals surface area contributed by atoms with Crippen LogP contribution < -0.4 is 5.73 Å². The Morgan fingerprint density at radius 3 is 2.25 bits per heavy atom. The molecule has 0 spiro atoms. The number of nitrogens with two attached hydrogens (primary N) is 1. The summed E-state index contributed by atoms with van der Waals surface area (Å²) in [6.07, 6.45) is 1.99. The molecule has 0 aliphatic carbocycles. The van der Waals surface area contributed by atoms with Crippen molar-refractivity contribution in [1.29, 1.82) is 0 Å². The van der Waals surface area contributed by atoms with Crippen molar-refractivity contribution in [1.82, 2.24) is 4.90 Å². The zero-order chi connectivity index (χ0) is 16.2. The molecule has 1 saturated heterocycles. The van der Waals surface area contributed by atoms with Crippen molar-refractivity contribution < 1.29 is 4.79 Å². The van der Waals surface area contributed by atoms with E-state index in [-0.39, 0.29) is 35.5 Å². The van der Waals surface area contributed by atoms with Crippen molar-refractivity contribution in [2.75, 3.05) is 19.3 Å². The van der Waals surface area contributed by atoms with Crippen molar-refractivity contribution in [3.05, 3.63) is 71.8 Å². The van der Waals surface area contributed by atoms with Gasteiger partial charge in [0.2, 0.25) is 5.91 Å². The van der Waals surface area contributed by atoms with Crippen molar-refractivity contribution in [2.45, 2.75) is 17.2 Å². The highest BCUT2D eigenvalue weighted by Crippen LogP contribution is 2.33. The van der Waals surface area contributed by atoms with Crippen LogP contribution in [0.1, 0.15) is 22.3 Å². The fourth-order valence-corrected chi connectivity index (χ4v) is 4.02. The molecule has 128 valence electrons. The van der Waals surface area contributed by atoms with Crippen molar-refractivity contribution >= 4 is 30.1 Å². The number of hydrogen-bond acceptors (Lipinski definition) is 3. The molecule has 0 aromatic heterocycles. The maximum Gasteiger partial charge on any atom is 0.240 e. The molecule has 1 amide bonds. The smallest absolute Gasteiger partial charge is 0.240 e. The molecule has 1 heterocycles. The van der Waals surface area contributed by atoms with E-state index < -0.39 is 0 Å². The summed E-state index contributed by atoms with van der Waals surface area (Å²) < 4.78 is 0.